The summed E-state index contributed by atoms with van der Waals surface area (Å²) in [5, 5.41) is 0. The summed E-state index contributed by atoms with van der Waals surface area (Å²) in [4.78, 5) is 0.172. The Morgan fingerprint density at radius 2 is 1.85 bits per heavy atom. The first-order valence-corrected chi connectivity index (χ1v) is 8.10. The zero-order valence-electron chi connectivity index (χ0n) is 10.8. The van der Waals surface area contributed by atoms with E-state index in [4.69, 9.17) is 0 Å². The molecule has 0 bridgehead atoms. The van der Waals surface area contributed by atoms with E-state index in [9.17, 15) is 12.8 Å². The van der Waals surface area contributed by atoms with E-state index in [1.807, 2.05) is 0 Å². The molecule has 0 amide bonds. The van der Waals surface area contributed by atoms with Crippen LogP contribution < -0.4 is 0 Å². The van der Waals surface area contributed by atoms with Crippen molar-refractivity contribution >= 4 is 26.0 Å². The van der Waals surface area contributed by atoms with Gasteiger partial charge in [0.05, 0.1) is 4.90 Å². The molecule has 0 saturated carbocycles. The molecule has 106 valence electrons. The second-order valence-corrected chi connectivity index (χ2v) is 7.27. The van der Waals surface area contributed by atoms with Gasteiger partial charge in [-0.15, -0.1) is 0 Å². The van der Waals surface area contributed by atoms with Gasteiger partial charge in [-0.1, -0.05) is 40.2 Å². The molecule has 0 aliphatic carbocycles. The van der Waals surface area contributed by atoms with Crippen LogP contribution in [0.3, 0.4) is 0 Å². The lowest BCUT2D eigenvalue weighted by molar-refractivity contribution is 0.456. The number of nitrogens with zero attached hydrogens (tertiary/aromatic N) is 1. The van der Waals surface area contributed by atoms with Crippen LogP contribution in [0.2, 0.25) is 0 Å². The molecule has 0 unspecified atom stereocenters. The fourth-order valence-corrected chi connectivity index (χ4v) is 3.51. The highest BCUT2D eigenvalue weighted by Gasteiger charge is 2.21. The predicted molar refractivity (Wildman–Crippen MR) is 79.2 cm³/mol. The molecule has 2 aromatic rings. The monoisotopic (exact) mass is 357 g/mol. The van der Waals surface area contributed by atoms with Gasteiger partial charge in [0.1, 0.15) is 5.82 Å². The van der Waals surface area contributed by atoms with Gasteiger partial charge in [-0.2, -0.15) is 4.31 Å². The zero-order chi connectivity index (χ0) is 14.8. The Morgan fingerprint density at radius 1 is 1.15 bits per heavy atom. The van der Waals surface area contributed by atoms with Crippen molar-refractivity contribution in [3.8, 4) is 0 Å². The molecule has 0 heterocycles. The Balaban J connectivity index is 2.29. The number of halogens is 2. The van der Waals surface area contributed by atoms with Crippen LogP contribution in [0.25, 0.3) is 0 Å². The Labute approximate surface area is 126 Å². The molecular formula is C14H13BrFNO2S. The van der Waals surface area contributed by atoms with Gasteiger partial charge in [-0.3, -0.25) is 0 Å². The smallest absolute Gasteiger partial charge is 0.207 e. The van der Waals surface area contributed by atoms with Crippen molar-refractivity contribution in [3.63, 3.8) is 0 Å². The zero-order valence-corrected chi connectivity index (χ0v) is 13.2. The van der Waals surface area contributed by atoms with Crippen LogP contribution in [0.5, 0.6) is 0 Å². The second kappa shape index (κ2) is 6.03. The summed E-state index contributed by atoms with van der Waals surface area (Å²) in [6.07, 6.45) is 0. The Bertz CT molecular complexity index is 719. The fourth-order valence-electron chi connectivity index (χ4n) is 1.76. The lowest BCUT2D eigenvalue weighted by atomic mass is 10.2. The largest absolute Gasteiger partial charge is 0.243 e. The van der Waals surface area contributed by atoms with E-state index in [1.165, 1.54) is 25.2 Å². The highest BCUT2D eigenvalue weighted by atomic mass is 79.9. The molecule has 0 fully saturated rings. The van der Waals surface area contributed by atoms with Gasteiger partial charge in [-0.05, 0) is 24.3 Å². The lowest BCUT2D eigenvalue weighted by Crippen LogP contribution is -2.26. The molecule has 2 rings (SSSR count). The maximum Gasteiger partial charge on any atom is 0.243 e. The predicted octanol–water partition coefficient (Wildman–Crippen LogP) is 3.41. The number of sulfonamides is 1. The van der Waals surface area contributed by atoms with E-state index in [0.717, 1.165) is 4.31 Å². The maximum atomic E-state index is 13.6. The van der Waals surface area contributed by atoms with E-state index in [0.29, 0.717) is 10.0 Å². The SMILES string of the molecule is CN(Cc1ccccc1F)S(=O)(=O)c1cccc(Br)c1. The Hall–Kier alpha value is -1.24. The van der Waals surface area contributed by atoms with Crippen LogP contribution in [0.4, 0.5) is 4.39 Å². The lowest BCUT2D eigenvalue weighted by Gasteiger charge is -2.17. The maximum absolute atomic E-state index is 13.6. The van der Waals surface area contributed by atoms with Crippen LogP contribution in [0.1, 0.15) is 5.56 Å². The van der Waals surface area contributed by atoms with Crippen molar-refractivity contribution in [2.75, 3.05) is 7.05 Å². The first-order chi connectivity index (χ1) is 9.41. The van der Waals surface area contributed by atoms with Gasteiger partial charge >= 0.3 is 0 Å². The van der Waals surface area contributed by atoms with Crippen molar-refractivity contribution in [1.29, 1.82) is 0 Å². The minimum Gasteiger partial charge on any atom is -0.207 e. The quantitative estimate of drug-likeness (QED) is 0.840. The van der Waals surface area contributed by atoms with Crippen molar-refractivity contribution in [2.24, 2.45) is 0 Å². The number of benzene rings is 2. The summed E-state index contributed by atoms with van der Waals surface area (Å²) in [6, 6.07) is 12.6. The molecule has 0 aliphatic rings. The van der Waals surface area contributed by atoms with Crippen molar-refractivity contribution in [3.05, 3.63) is 64.4 Å². The van der Waals surface area contributed by atoms with Gasteiger partial charge in [0.25, 0.3) is 0 Å². The van der Waals surface area contributed by atoms with E-state index in [2.05, 4.69) is 15.9 Å². The molecule has 20 heavy (non-hydrogen) atoms. The van der Waals surface area contributed by atoms with E-state index in [-0.39, 0.29) is 11.4 Å². The summed E-state index contributed by atoms with van der Waals surface area (Å²) in [5.74, 6) is -0.413. The van der Waals surface area contributed by atoms with Crippen LogP contribution in [0, 0.1) is 5.82 Å². The number of rotatable bonds is 4. The van der Waals surface area contributed by atoms with Crippen LogP contribution in [-0.4, -0.2) is 19.8 Å². The Kier molecular flexibility index (Phi) is 4.57. The summed E-state index contributed by atoms with van der Waals surface area (Å²) < 4.78 is 40.2. The number of hydrogen-bond donors (Lipinski definition) is 0. The van der Waals surface area contributed by atoms with Crippen LogP contribution in [-0.2, 0) is 16.6 Å². The van der Waals surface area contributed by atoms with Gasteiger partial charge < -0.3 is 0 Å². The summed E-state index contributed by atoms with van der Waals surface area (Å²) in [7, 11) is -2.21. The molecular weight excluding hydrogens is 345 g/mol. The first kappa shape index (κ1) is 15.2. The van der Waals surface area contributed by atoms with E-state index < -0.39 is 15.8 Å². The van der Waals surface area contributed by atoms with Gasteiger partial charge in [0.15, 0.2) is 0 Å². The minimum atomic E-state index is -3.64. The van der Waals surface area contributed by atoms with Gasteiger partial charge in [0.2, 0.25) is 10.0 Å². The summed E-state index contributed by atoms with van der Waals surface area (Å²) in [5.41, 5.74) is 0.341. The molecule has 0 saturated heterocycles. The molecule has 0 atom stereocenters. The third kappa shape index (κ3) is 3.26. The van der Waals surface area contributed by atoms with Crippen molar-refractivity contribution in [1.82, 2.24) is 4.31 Å². The normalized spacial score (nSPS) is 11.8. The van der Waals surface area contributed by atoms with Crippen LogP contribution >= 0.6 is 15.9 Å². The molecule has 0 aromatic heterocycles. The average Bonchev–Trinajstić information content (AvgIpc) is 2.41. The molecule has 0 spiro atoms. The molecule has 6 heteroatoms. The fraction of sp³-hybridized carbons (Fsp3) is 0.143. The molecule has 0 radical (unpaired) electrons. The third-order valence-electron chi connectivity index (χ3n) is 2.86. The molecule has 2 aromatic carbocycles. The molecule has 3 nitrogen and oxygen atoms in total. The van der Waals surface area contributed by atoms with Crippen molar-refractivity contribution in [2.45, 2.75) is 11.4 Å². The van der Waals surface area contributed by atoms with Gasteiger partial charge in [0, 0.05) is 23.6 Å². The van der Waals surface area contributed by atoms with Gasteiger partial charge in [-0.25, -0.2) is 12.8 Å². The van der Waals surface area contributed by atoms with Crippen molar-refractivity contribution < 1.29 is 12.8 Å². The highest BCUT2D eigenvalue weighted by molar-refractivity contribution is 9.10. The number of hydrogen-bond acceptors (Lipinski definition) is 2. The standard InChI is InChI=1S/C14H13BrFNO2S/c1-17(10-11-5-2-3-8-14(11)16)20(18,19)13-7-4-6-12(15)9-13/h2-9H,10H2,1H3. The van der Waals surface area contributed by atoms with E-state index in [1.54, 1.807) is 30.3 Å². The summed E-state index contributed by atoms with van der Waals surface area (Å²) in [6.45, 7) is -0.0124. The topological polar surface area (TPSA) is 37.4 Å². The third-order valence-corrected chi connectivity index (χ3v) is 5.15. The average molecular weight is 358 g/mol. The molecule has 0 aliphatic heterocycles. The second-order valence-electron chi connectivity index (χ2n) is 4.31. The Morgan fingerprint density at radius 3 is 2.50 bits per heavy atom. The first-order valence-electron chi connectivity index (χ1n) is 5.86. The molecule has 0 N–H and O–H groups in total. The van der Waals surface area contributed by atoms with E-state index >= 15 is 0 Å². The summed E-state index contributed by atoms with van der Waals surface area (Å²) >= 11 is 3.24. The highest BCUT2D eigenvalue weighted by Crippen LogP contribution is 2.21. The minimum absolute atomic E-state index is 0.0124. The van der Waals surface area contributed by atoms with Crippen LogP contribution in [0.15, 0.2) is 57.9 Å².